The third-order valence-electron chi connectivity index (χ3n) is 3.13. The SMILES string of the molecule is CCNC(c1csnn1)c1cc2cccc(C)c2o1. The van der Waals surface area contributed by atoms with Gasteiger partial charge < -0.3 is 9.73 Å². The lowest BCUT2D eigenvalue weighted by Gasteiger charge is -2.11. The Morgan fingerprint density at radius 2 is 2.32 bits per heavy atom. The lowest BCUT2D eigenvalue weighted by atomic mass is 10.1. The van der Waals surface area contributed by atoms with Crippen LogP contribution >= 0.6 is 11.5 Å². The van der Waals surface area contributed by atoms with Gasteiger partial charge in [0.05, 0.1) is 0 Å². The molecule has 0 spiro atoms. The Balaban J connectivity index is 2.08. The van der Waals surface area contributed by atoms with Crippen LogP contribution in [0.3, 0.4) is 0 Å². The maximum atomic E-state index is 6.01. The van der Waals surface area contributed by atoms with E-state index in [0.717, 1.165) is 34.5 Å². The maximum Gasteiger partial charge on any atom is 0.137 e. The van der Waals surface area contributed by atoms with E-state index in [1.165, 1.54) is 11.5 Å². The third-order valence-corrected chi connectivity index (χ3v) is 3.65. The number of aromatic nitrogens is 2. The molecular weight excluding hydrogens is 258 g/mol. The number of nitrogens with one attached hydrogen (secondary N) is 1. The van der Waals surface area contributed by atoms with Crippen molar-refractivity contribution >= 4 is 22.5 Å². The average Bonchev–Trinajstić information content (AvgIpc) is 3.05. The molecule has 19 heavy (non-hydrogen) atoms. The topological polar surface area (TPSA) is 51.0 Å². The second kappa shape index (κ2) is 5.11. The molecule has 1 unspecified atom stereocenters. The first kappa shape index (κ1) is 12.3. The maximum absolute atomic E-state index is 6.01. The molecule has 1 N–H and O–H groups in total. The highest BCUT2D eigenvalue weighted by molar-refractivity contribution is 7.03. The van der Waals surface area contributed by atoms with Gasteiger partial charge in [0.25, 0.3) is 0 Å². The van der Waals surface area contributed by atoms with Crippen LogP contribution in [-0.2, 0) is 0 Å². The first-order chi connectivity index (χ1) is 9.29. The van der Waals surface area contributed by atoms with Crippen molar-refractivity contribution in [2.45, 2.75) is 19.9 Å². The largest absolute Gasteiger partial charge is 0.459 e. The molecule has 2 heterocycles. The summed E-state index contributed by atoms with van der Waals surface area (Å²) in [5, 5.41) is 10.6. The number of fused-ring (bicyclic) bond motifs is 1. The Morgan fingerprint density at radius 1 is 1.42 bits per heavy atom. The Bertz CT molecular complexity index is 675. The summed E-state index contributed by atoms with van der Waals surface area (Å²) < 4.78 is 9.94. The van der Waals surface area contributed by atoms with Gasteiger partial charge in [-0.25, -0.2) is 0 Å². The molecule has 2 aromatic heterocycles. The van der Waals surface area contributed by atoms with Gasteiger partial charge >= 0.3 is 0 Å². The summed E-state index contributed by atoms with van der Waals surface area (Å²) in [6, 6.07) is 8.22. The normalized spacial score (nSPS) is 12.9. The first-order valence-corrected chi connectivity index (χ1v) is 7.12. The summed E-state index contributed by atoms with van der Waals surface area (Å²) in [4.78, 5) is 0. The smallest absolute Gasteiger partial charge is 0.137 e. The monoisotopic (exact) mass is 273 g/mol. The van der Waals surface area contributed by atoms with E-state index >= 15 is 0 Å². The molecule has 0 aliphatic heterocycles. The minimum atomic E-state index is -0.0319. The fourth-order valence-corrected chi connectivity index (χ4v) is 2.70. The molecule has 0 aliphatic rings. The summed E-state index contributed by atoms with van der Waals surface area (Å²) >= 11 is 1.36. The number of hydrogen-bond acceptors (Lipinski definition) is 5. The zero-order valence-electron chi connectivity index (χ0n) is 10.9. The summed E-state index contributed by atoms with van der Waals surface area (Å²) in [5.41, 5.74) is 3.00. The van der Waals surface area contributed by atoms with E-state index in [-0.39, 0.29) is 6.04 Å². The zero-order chi connectivity index (χ0) is 13.2. The Kier molecular flexibility index (Phi) is 3.31. The quantitative estimate of drug-likeness (QED) is 0.792. The van der Waals surface area contributed by atoms with Crippen LogP contribution in [0, 0.1) is 6.92 Å². The van der Waals surface area contributed by atoms with Crippen molar-refractivity contribution in [2.24, 2.45) is 0 Å². The molecule has 0 fully saturated rings. The molecule has 4 nitrogen and oxygen atoms in total. The van der Waals surface area contributed by atoms with E-state index in [1.54, 1.807) is 0 Å². The van der Waals surface area contributed by atoms with Crippen LogP contribution in [0.5, 0.6) is 0 Å². The number of hydrogen-bond donors (Lipinski definition) is 1. The lowest BCUT2D eigenvalue weighted by molar-refractivity contribution is 0.470. The van der Waals surface area contributed by atoms with Crippen molar-refractivity contribution in [3.8, 4) is 0 Å². The molecular formula is C14H15N3OS. The van der Waals surface area contributed by atoms with Crippen molar-refractivity contribution in [3.05, 3.63) is 46.7 Å². The van der Waals surface area contributed by atoms with E-state index in [0.29, 0.717) is 0 Å². The molecule has 0 saturated heterocycles. The highest BCUT2D eigenvalue weighted by atomic mass is 32.1. The summed E-state index contributed by atoms with van der Waals surface area (Å²) in [6.07, 6.45) is 0. The van der Waals surface area contributed by atoms with Crippen LogP contribution in [0.2, 0.25) is 0 Å². The van der Waals surface area contributed by atoms with Gasteiger partial charge in [-0.3, -0.25) is 0 Å². The Morgan fingerprint density at radius 3 is 3.00 bits per heavy atom. The van der Waals surface area contributed by atoms with Crippen molar-refractivity contribution in [1.29, 1.82) is 0 Å². The van der Waals surface area contributed by atoms with Gasteiger partial charge in [0, 0.05) is 10.8 Å². The van der Waals surface area contributed by atoms with Gasteiger partial charge in [0.2, 0.25) is 0 Å². The number of furan rings is 1. The van der Waals surface area contributed by atoms with E-state index in [1.807, 2.05) is 11.4 Å². The Labute approximate surface area is 115 Å². The molecule has 98 valence electrons. The van der Waals surface area contributed by atoms with Gasteiger partial charge in [-0.2, -0.15) is 0 Å². The van der Waals surface area contributed by atoms with E-state index in [4.69, 9.17) is 4.42 Å². The summed E-state index contributed by atoms with van der Waals surface area (Å²) in [5.74, 6) is 0.888. The predicted octanol–water partition coefficient (Wildman–Crippen LogP) is 3.29. The molecule has 0 bridgehead atoms. The number of rotatable bonds is 4. The molecule has 3 aromatic rings. The van der Waals surface area contributed by atoms with Crippen molar-refractivity contribution in [2.75, 3.05) is 6.54 Å². The average molecular weight is 273 g/mol. The number of aryl methyl sites for hydroxylation is 1. The second-order valence-electron chi connectivity index (χ2n) is 4.46. The van der Waals surface area contributed by atoms with Gasteiger partial charge in [0.15, 0.2) is 0 Å². The van der Waals surface area contributed by atoms with E-state index in [9.17, 15) is 0 Å². The number of para-hydroxylation sites is 1. The second-order valence-corrected chi connectivity index (χ2v) is 5.07. The zero-order valence-corrected chi connectivity index (χ0v) is 11.7. The van der Waals surface area contributed by atoms with Gasteiger partial charge in [0.1, 0.15) is 23.1 Å². The summed E-state index contributed by atoms with van der Waals surface area (Å²) in [6.45, 7) is 4.97. The summed E-state index contributed by atoms with van der Waals surface area (Å²) in [7, 11) is 0. The van der Waals surface area contributed by atoms with Gasteiger partial charge in [-0.1, -0.05) is 29.6 Å². The third kappa shape index (κ3) is 2.27. The molecule has 1 aromatic carbocycles. The van der Waals surface area contributed by atoms with Gasteiger partial charge in [-0.15, -0.1) is 5.10 Å². The molecule has 0 radical (unpaired) electrons. The van der Waals surface area contributed by atoms with Crippen molar-refractivity contribution in [3.63, 3.8) is 0 Å². The fraction of sp³-hybridized carbons (Fsp3) is 0.286. The highest BCUT2D eigenvalue weighted by Gasteiger charge is 2.20. The molecule has 3 rings (SSSR count). The first-order valence-electron chi connectivity index (χ1n) is 6.29. The lowest BCUT2D eigenvalue weighted by Crippen LogP contribution is -2.21. The predicted molar refractivity (Wildman–Crippen MR) is 76.4 cm³/mol. The van der Waals surface area contributed by atoms with Crippen molar-refractivity contribution in [1.82, 2.24) is 14.9 Å². The highest BCUT2D eigenvalue weighted by Crippen LogP contribution is 2.29. The standard InChI is InChI=1S/C14H15N3OS/c1-3-15-13(11-8-19-17-16-11)12-7-10-6-4-5-9(2)14(10)18-12/h4-8,13,15H,3H2,1-2H3. The number of benzene rings is 1. The number of nitrogens with zero attached hydrogens (tertiary/aromatic N) is 2. The minimum Gasteiger partial charge on any atom is -0.459 e. The molecule has 1 atom stereocenters. The van der Waals surface area contributed by atoms with Crippen molar-refractivity contribution < 1.29 is 4.42 Å². The van der Waals surface area contributed by atoms with Crippen LogP contribution in [0.25, 0.3) is 11.0 Å². The molecule has 5 heteroatoms. The van der Waals surface area contributed by atoms with Crippen LogP contribution in [0.15, 0.2) is 34.1 Å². The molecule has 0 saturated carbocycles. The van der Waals surface area contributed by atoms with Crippen LogP contribution in [-0.4, -0.2) is 16.1 Å². The fourth-order valence-electron chi connectivity index (χ4n) is 2.22. The van der Waals surface area contributed by atoms with Gasteiger partial charge in [-0.05, 0) is 36.6 Å². The van der Waals surface area contributed by atoms with Crippen LogP contribution in [0.1, 0.15) is 30.0 Å². The molecule has 0 aliphatic carbocycles. The van der Waals surface area contributed by atoms with E-state index < -0.39 is 0 Å². The van der Waals surface area contributed by atoms with Crippen LogP contribution < -0.4 is 5.32 Å². The Hall–Kier alpha value is -1.72. The minimum absolute atomic E-state index is 0.0319. The van der Waals surface area contributed by atoms with E-state index in [2.05, 4.69) is 47.0 Å². The molecule has 0 amide bonds. The van der Waals surface area contributed by atoms with Crippen LogP contribution in [0.4, 0.5) is 0 Å².